The molecule has 0 radical (unpaired) electrons. The highest BCUT2D eigenvalue weighted by Gasteiger charge is 2.25. The number of hydrogen-bond acceptors (Lipinski definition) is 1. The quantitative estimate of drug-likeness (QED) is 0.720. The molecule has 0 saturated heterocycles. The second-order valence-corrected chi connectivity index (χ2v) is 3.93. The van der Waals surface area contributed by atoms with E-state index >= 15 is 0 Å². The van der Waals surface area contributed by atoms with Crippen LogP contribution in [0.1, 0.15) is 25.5 Å². The highest BCUT2D eigenvalue weighted by atomic mass is 16.2. The minimum atomic E-state index is 0.159. The van der Waals surface area contributed by atoms with Crippen LogP contribution in [0.15, 0.2) is 42.0 Å². The zero-order valence-corrected chi connectivity index (χ0v) is 9.10. The van der Waals surface area contributed by atoms with E-state index in [1.54, 1.807) is 0 Å². The van der Waals surface area contributed by atoms with E-state index in [2.05, 4.69) is 19.1 Å². The molecule has 1 aromatic carbocycles. The SMILES string of the molecule is CC1=CCN([C@@H](C)c2ccccc2)C1=O. The van der Waals surface area contributed by atoms with Crippen LogP contribution in [0, 0.1) is 0 Å². The summed E-state index contributed by atoms with van der Waals surface area (Å²) in [5.74, 6) is 0.159. The van der Waals surface area contributed by atoms with Crippen LogP contribution in [0.5, 0.6) is 0 Å². The summed E-state index contributed by atoms with van der Waals surface area (Å²) in [7, 11) is 0. The maximum Gasteiger partial charge on any atom is 0.250 e. The zero-order valence-electron chi connectivity index (χ0n) is 9.10. The van der Waals surface area contributed by atoms with Crippen molar-refractivity contribution in [1.29, 1.82) is 0 Å². The van der Waals surface area contributed by atoms with Gasteiger partial charge < -0.3 is 4.90 Å². The lowest BCUT2D eigenvalue weighted by atomic mass is 10.1. The van der Waals surface area contributed by atoms with Crippen LogP contribution in [0.3, 0.4) is 0 Å². The number of benzene rings is 1. The third-order valence-corrected chi connectivity index (χ3v) is 2.94. The molecule has 0 aliphatic carbocycles. The number of amides is 1. The minimum Gasteiger partial charge on any atom is -0.328 e. The van der Waals surface area contributed by atoms with Gasteiger partial charge in [0.15, 0.2) is 0 Å². The molecule has 0 fully saturated rings. The topological polar surface area (TPSA) is 20.3 Å². The molecule has 0 N–H and O–H groups in total. The lowest BCUT2D eigenvalue weighted by molar-refractivity contribution is -0.127. The summed E-state index contributed by atoms with van der Waals surface area (Å²) >= 11 is 0. The Morgan fingerprint density at radius 3 is 2.47 bits per heavy atom. The van der Waals surface area contributed by atoms with Crippen molar-refractivity contribution in [1.82, 2.24) is 4.90 Å². The average Bonchev–Trinajstić information content (AvgIpc) is 2.60. The van der Waals surface area contributed by atoms with Gasteiger partial charge >= 0.3 is 0 Å². The van der Waals surface area contributed by atoms with Crippen molar-refractivity contribution in [2.24, 2.45) is 0 Å². The van der Waals surface area contributed by atoms with Crippen molar-refractivity contribution in [3.8, 4) is 0 Å². The van der Waals surface area contributed by atoms with Gasteiger partial charge in [-0.2, -0.15) is 0 Å². The van der Waals surface area contributed by atoms with Crippen molar-refractivity contribution < 1.29 is 4.79 Å². The summed E-state index contributed by atoms with van der Waals surface area (Å²) in [4.78, 5) is 13.7. The van der Waals surface area contributed by atoms with Gasteiger partial charge in [0.1, 0.15) is 0 Å². The van der Waals surface area contributed by atoms with Gasteiger partial charge in [-0.25, -0.2) is 0 Å². The second kappa shape index (κ2) is 3.89. The molecular formula is C13H15NO. The van der Waals surface area contributed by atoms with Crippen LogP contribution in [0.4, 0.5) is 0 Å². The van der Waals surface area contributed by atoms with Crippen molar-refractivity contribution >= 4 is 5.91 Å². The first-order chi connectivity index (χ1) is 7.20. The summed E-state index contributed by atoms with van der Waals surface area (Å²) in [6.07, 6.45) is 1.99. The van der Waals surface area contributed by atoms with E-state index in [9.17, 15) is 4.79 Å². The fourth-order valence-corrected chi connectivity index (χ4v) is 1.88. The van der Waals surface area contributed by atoms with Gasteiger partial charge in [0.25, 0.3) is 0 Å². The average molecular weight is 201 g/mol. The smallest absolute Gasteiger partial charge is 0.250 e. The molecule has 1 aliphatic rings. The molecule has 2 rings (SSSR count). The summed E-state index contributed by atoms with van der Waals surface area (Å²) in [5, 5.41) is 0. The Morgan fingerprint density at radius 1 is 1.27 bits per heavy atom. The Hall–Kier alpha value is -1.57. The number of carbonyl (C=O) groups is 1. The number of nitrogens with zero attached hydrogens (tertiary/aromatic N) is 1. The molecule has 78 valence electrons. The number of carbonyl (C=O) groups excluding carboxylic acids is 1. The van der Waals surface area contributed by atoms with E-state index in [1.807, 2.05) is 36.1 Å². The number of rotatable bonds is 2. The predicted octanol–water partition coefficient (Wildman–Crippen LogP) is 2.54. The van der Waals surface area contributed by atoms with Gasteiger partial charge in [-0.3, -0.25) is 4.79 Å². The molecule has 15 heavy (non-hydrogen) atoms. The summed E-state index contributed by atoms with van der Waals surface area (Å²) in [6, 6.07) is 10.3. The lowest BCUT2D eigenvalue weighted by Gasteiger charge is -2.25. The molecule has 0 spiro atoms. The monoisotopic (exact) mass is 201 g/mol. The Kier molecular flexibility index (Phi) is 2.58. The summed E-state index contributed by atoms with van der Waals surface area (Å²) in [6.45, 7) is 4.68. The molecule has 0 aromatic heterocycles. The first kappa shape index (κ1) is 9.97. The molecule has 1 atom stereocenters. The third-order valence-electron chi connectivity index (χ3n) is 2.94. The van der Waals surface area contributed by atoms with Crippen molar-refractivity contribution in [3.63, 3.8) is 0 Å². The van der Waals surface area contributed by atoms with E-state index in [1.165, 1.54) is 5.56 Å². The molecule has 0 saturated carbocycles. The fourth-order valence-electron chi connectivity index (χ4n) is 1.88. The van der Waals surface area contributed by atoms with Gasteiger partial charge in [0, 0.05) is 12.1 Å². The minimum absolute atomic E-state index is 0.159. The van der Waals surface area contributed by atoms with E-state index in [0.29, 0.717) is 0 Å². The Bertz CT molecular complexity index is 394. The second-order valence-electron chi connectivity index (χ2n) is 3.93. The van der Waals surface area contributed by atoms with Crippen LogP contribution in [0.25, 0.3) is 0 Å². The molecule has 0 bridgehead atoms. The summed E-state index contributed by atoms with van der Waals surface area (Å²) in [5.41, 5.74) is 2.05. The van der Waals surface area contributed by atoms with Gasteiger partial charge in [0.2, 0.25) is 5.91 Å². The predicted molar refractivity (Wildman–Crippen MR) is 60.3 cm³/mol. The standard InChI is InChI=1S/C13H15NO/c1-10-8-9-14(13(10)15)11(2)12-6-4-3-5-7-12/h3-8,11H,9H2,1-2H3/t11-/m0/s1. The fraction of sp³-hybridized carbons (Fsp3) is 0.308. The van der Waals surface area contributed by atoms with Crippen LogP contribution in [0.2, 0.25) is 0 Å². The zero-order chi connectivity index (χ0) is 10.8. The molecule has 1 heterocycles. The van der Waals surface area contributed by atoms with E-state index in [0.717, 1.165) is 12.1 Å². The van der Waals surface area contributed by atoms with Crippen molar-refractivity contribution in [3.05, 3.63) is 47.5 Å². The highest BCUT2D eigenvalue weighted by molar-refractivity contribution is 5.95. The molecule has 2 nitrogen and oxygen atoms in total. The Balaban J connectivity index is 2.17. The molecular weight excluding hydrogens is 186 g/mol. The van der Waals surface area contributed by atoms with E-state index in [-0.39, 0.29) is 11.9 Å². The van der Waals surface area contributed by atoms with E-state index < -0.39 is 0 Å². The Labute approximate surface area is 90.2 Å². The third kappa shape index (κ3) is 1.80. The first-order valence-electron chi connectivity index (χ1n) is 5.23. The normalized spacial score (nSPS) is 17.9. The number of hydrogen-bond donors (Lipinski definition) is 0. The largest absolute Gasteiger partial charge is 0.328 e. The van der Waals surface area contributed by atoms with Crippen molar-refractivity contribution in [2.75, 3.05) is 6.54 Å². The molecule has 1 aromatic rings. The molecule has 1 amide bonds. The van der Waals surface area contributed by atoms with E-state index in [4.69, 9.17) is 0 Å². The first-order valence-corrected chi connectivity index (χ1v) is 5.23. The van der Waals surface area contributed by atoms with Crippen LogP contribution in [-0.2, 0) is 4.79 Å². The van der Waals surface area contributed by atoms with Crippen LogP contribution < -0.4 is 0 Å². The lowest BCUT2D eigenvalue weighted by Crippen LogP contribution is -2.29. The maximum absolute atomic E-state index is 11.8. The van der Waals surface area contributed by atoms with Gasteiger partial charge in [-0.05, 0) is 19.4 Å². The maximum atomic E-state index is 11.8. The van der Waals surface area contributed by atoms with Crippen LogP contribution >= 0.6 is 0 Å². The van der Waals surface area contributed by atoms with Crippen molar-refractivity contribution in [2.45, 2.75) is 19.9 Å². The molecule has 0 unspecified atom stereocenters. The van der Waals surface area contributed by atoms with Gasteiger partial charge in [0.05, 0.1) is 6.04 Å². The molecule has 1 aliphatic heterocycles. The molecule has 2 heteroatoms. The highest BCUT2D eigenvalue weighted by Crippen LogP contribution is 2.24. The van der Waals surface area contributed by atoms with Gasteiger partial charge in [-0.1, -0.05) is 36.4 Å². The summed E-state index contributed by atoms with van der Waals surface area (Å²) < 4.78 is 0. The van der Waals surface area contributed by atoms with Gasteiger partial charge in [-0.15, -0.1) is 0 Å². The Morgan fingerprint density at radius 2 is 1.93 bits per heavy atom. The van der Waals surface area contributed by atoms with Crippen LogP contribution in [-0.4, -0.2) is 17.4 Å².